The van der Waals surface area contributed by atoms with Gasteiger partial charge in [0.15, 0.2) is 0 Å². The van der Waals surface area contributed by atoms with Gasteiger partial charge in [0, 0.05) is 5.56 Å². The van der Waals surface area contributed by atoms with Crippen molar-refractivity contribution in [1.29, 1.82) is 0 Å². The molecule has 0 saturated carbocycles. The number of nitrogens with two attached hydrogens (primary N) is 1. The molecule has 0 bridgehead atoms. The molecule has 0 amide bonds. The molecule has 0 aliphatic carbocycles. The van der Waals surface area contributed by atoms with Crippen molar-refractivity contribution in [2.45, 2.75) is 4.21 Å². The number of nitrogens with one attached hydrogen (secondary N) is 1. The Morgan fingerprint density at radius 2 is 2.10 bits per heavy atom. The summed E-state index contributed by atoms with van der Waals surface area (Å²) in [5.74, 6) is 0.325. The highest BCUT2D eigenvalue weighted by Crippen LogP contribution is 2.33. The Balaban J connectivity index is 2.50. The van der Waals surface area contributed by atoms with Gasteiger partial charge >= 0.3 is 0 Å². The first-order valence-electron chi connectivity index (χ1n) is 5.60. The van der Waals surface area contributed by atoms with Crippen LogP contribution in [0.1, 0.15) is 5.56 Å². The number of sulfonamides is 1. The molecule has 0 radical (unpaired) electrons. The van der Waals surface area contributed by atoms with Crippen LogP contribution in [0.25, 0.3) is 0 Å². The Morgan fingerprint density at radius 1 is 1.38 bits per heavy atom. The Hall–Kier alpha value is -1.35. The van der Waals surface area contributed by atoms with Crippen LogP contribution < -0.4 is 15.2 Å². The number of hydrogen-bond donors (Lipinski definition) is 2. The van der Waals surface area contributed by atoms with Crippen LogP contribution in [0.15, 0.2) is 34.5 Å². The van der Waals surface area contributed by atoms with Gasteiger partial charge in [-0.3, -0.25) is 4.72 Å². The number of anilines is 1. The summed E-state index contributed by atoms with van der Waals surface area (Å²) in [5, 5.41) is 0. The van der Waals surface area contributed by atoms with Crippen molar-refractivity contribution in [2.75, 3.05) is 11.8 Å². The number of para-hydroxylation sites is 1. The van der Waals surface area contributed by atoms with Gasteiger partial charge in [0.25, 0.3) is 10.0 Å². The van der Waals surface area contributed by atoms with Gasteiger partial charge in [-0.25, -0.2) is 8.42 Å². The van der Waals surface area contributed by atoms with Gasteiger partial charge in [0.1, 0.15) is 20.6 Å². The zero-order valence-corrected chi connectivity index (χ0v) is 14.0. The monoisotopic (exact) mass is 362 g/mol. The van der Waals surface area contributed by atoms with Crippen molar-refractivity contribution in [3.05, 3.63) is 40.2 Å². The fraction of sp³-hybridized carbons (Fsp3) is 0.0833. The molecule has 1 aromatic carbocycles. The normalized spacial score (nSPS) is 11.1. The highest BCUT2D eigenvalue weighted by molar-refractivity contribution is 7.94. The van der Waals surface area contributed by atoms with Gasteiger partial charge in [-0.15, -0.1) is 11.3 Å². The van der Waals surface area contributed by atoms with Crippen LogP contribution in [0, 0.1) is 0 Å². The molecular formula is C12H11ClN2O3S3. The van der Waals surface area contributed by atoms with E-state index in [1.54, 1.807) is 18.2 Å². The maximum absolute atomic E-state index is 12.4. The number of benzene rings is 1. The van der Waals surface area contributed by atoms with E-state index in [4.69, 9.17) is 34.3 Å². The molecule has 0 atom stereocenters. The third kappa shape index (κ3) is 3.46. The SMILES string of the molecule is COc1cccc(C(N)=S)c1NS(=O)(=O)c1ccc(Cl)s1. The van der Waals surface area contributed by atoms with Crippen molar-refractivity contribution in [3.8, 4) is 5.75 Å². The lowest BCUT2D eigenvalue weighted by atomic mass is 10.1. The number of hydrogen-bond acceptors (Lipinski definition) is 5. The van der Waals surface area contributed by atoms with Crippen molar-refractivity contribution in [1.82, 2.24) is 0 Å². The highest BCUT2D eigenvalue weighted by atomic mass is 35.5. The minimum atomic E-state index is -3.79. The van der Waals surface area contributed by atoms with Crippen molar-refractivity contribution in [2.24, 2.45) is 5.73 Å². The maximum Gasteiger partial charge on any atom is 0.271 e. The summed E-state index contributed by atoms with van der Waals surface area (Å²) in [5.41, 5.74) is 6.21. The molecule has 0 saturated heterocycles. The number of halogens is 1. The molecule has 0 fully saturated rings. The van der Waals surface area contributed by atoms with E-state index in [0.29, 0.717) is 15.6 Å². The number of thiophene rings is 1. The summed E-state index contributed by atoms with van der Waals surface area (Å²) in [6, 6.07) is 7.83. The molecule has 21 heavy (non-hydrogen) atoms. The predicted octanol–water partition coefficient (Wildman–Crippen LogP) is 2.85. The van der Waals surface area contributed by atoms with E-state index in [1.807, 2.05) is 0 Å². The van der Waals surface area contributed by atoms with Gasteiger partial charge in [-0.1, -0.05) is 29.9 Å². The number of ether oxygens (including phenoxy) is 1. The van der Waals surface area contributed by atoms with Crippen LogP contribution in [-0.4, -0.2) is 20.5 Å². The van der Waals surface area contributed by atoms with Gasteiger partial charge in [0.2, 0.25) is 0 Å². The molecule has 112 valence electrons. The zero-order valence-electron chi connectivity index (χ0n) is 10.8. The second-order valence-electron chi connectivity index (χ2n) is 3.91. The third-order valence-electron chi connectivity index (χ3n) is 2.56. The van der Waals surface area contributed by atoms with E-state index in [1.165, 1.54) is 19.2 Å². The second kappa shape index (κ2) is 6.18. The molecule has 0 aliphatic heterocycles. The van der Waals surface area contributed by atoms with Gasteiger partial charge < -0.3 is 10.5 Å². The van der Waals surface area contributed by atoms with E-state index in [0.717, 1.165) is 11.3 Å². The van der Waals surface area contributed by atoms with E-state index in [9.17, 15) is 8.42 Å². The third-order valence-corrected chi connectivity index (χ3v) is 5.85. The standard InChI is InChI=1S/C12H11ClN2O3S3/c1-18-8-4-2-3-7(12(14)19)11(8)15-21(16,17)10-6-5-9(13)20-10/h2-6,15H,1H3,(H2,14,19). The second-order valence-corrected chi connectivity index (χ2v) is 7.98. The largest absolute Gasteiger partial charge is 0.495 e. The lowest BCUT2D eigenvalue weighted by Gasteiger charge is -2.14. The molecule has 2 aromatic rings. The first-order valence-corrected chi connectivity index (χ1v) is 8.68. The Labute approximate surface area is 136 Å². The van der Waals surface area contributed by atoms with Crippen LogP contribution in [0.4, 0.5) is 5.69 Å². The topological polar surface area (TPSA) is 81.4 Å². The van der Waals surface area contributed by atoms with Gasteiger partial charge in [-0.05, 0) is 24.3 Å². The van der Waals surface area contributed by atoms with Crippen LogP contribution >= 0.6 is 35.2 Å². The van der Waals surface area contributed by atoms with Crippen molar-refractivity contribution >= 4 is 55.9 Å². The number of methoxy groups -OCH3 is 1. The maximum atomic E-state index is 12.4. The Bertz CT molecular complexity index is 787. The number of thiocarbonyl (C=S) groups is 1. The molecule has 9 heteroatoms. The first kappa shape index (κ1) is 16.0. The average Bonchev–Trinajstić information content (AvgIpc) is 2.86. The number of rotatable bonds is 5. The van der Waals surface area contributed by atoms with Crippen LogP contribution in [0.5, 0.6) is 5.75 Å². The zero-order chi connectivity index (χ0) is 15.6. The minimum Gasteiger partial charge on any atom is -0.495 e. The fourth-order valence-electron chi connectivity index (χ4n) is 1.64. The van der Waals surface area contributed by atoms with Crippen molar-refractivity contribution in [3.63, 3.8) is 0 Å². The van der Waals surface area contributed by atoms with E-state index < -0.39 is 10.0 Å². The highest BCUT2D eigenvalue weighted by Gasteiger charge is 2.21. The molecule has 0 unspecified atom stereocenters. The van der Waals surface area contributed by atoms with Crippen molar-refractivity contribution < 1.29 is 13.2 Å². The molecule has 3 N–H and O–H groups in total. The summed E-state index contributed by atoms with van der Waals surface area (Å²) in [6.45, 7) is 0. The quantitative estimate of drug-likeness (QED) is 0.799. The van der Waals surface area contributed by atoms with E-state index in [2.05, 4.69) is 4.72 Å². The summed E-state index contributed by atoms with van der Waals surface area (Å²) >= 11 is 11.7. The Morgan fingerprint density at radius 3 is 2.62 bits per heavy atom. The van der Waals surface area contributed by atoms with E-state index in [-0.39, 0.29) is 14.9 Å². The first-order chi connectivity index (χ1) is 9.85. The molecule has 5 nitrogen and oxygen atoms in total. The summed E-state index contributed by atoms with van der Waals surface area (Å²) in [6.07, 6.45) is 0. The van der Waals surface area contributed by atoms with E-state index >= 15 is 0 Å². The van der Waals surface area contributed by atoms with Crippen LogP contribution in [0.2, 0.25) is 4.34 Å². The lowest BCUT2D eigenvalue weighted by Crippen LogP contribution is -2.18. The minimum absolute atomic E-state index is 0.0656. The molecule has 2 rings (SSSR count). The smallest absolute Gasteiger partial charge is 0.271 e. The average molecular weight is 363 g/mol. The van der Waals surface area contributed by atoms with Gasteiger partial charge in [-0.2, -0.15) is 0 Å². The predicted molar refractivity (Wildman–Crippen MR) is 89.0 cm³/mol. The van der Waals surface area contributed by atoms with Gasteiger partial charge in [0.05, 0.1) is 11.4 Å². The summed E-state index contributed by atoms with van der Waals surface area (Å²) < 4.78 is 32.8. The van der Waals surface area contributed by atoms with Crippen LogP contribution in [-0.2, 0) is 10.0 Å². The summed E-state index contributed by atoms with van der Waals surface area (Å²) in [4.78, 5) is 0.0656. The Kier molecular flexibility index (Phi) is 4.72. The molecule has 0 spiro atoms. The lowest BCUT2D eigenvalue weighted by molar-refractivity contribution is 0.417. The summed E-state index contributed by atoms with van der Waals surface area (Å²) in [7, 11) is -2.36. The molecule has 0 aliphatic rings. The molecule has 1 heterocycles. The molecule has 1 aromatic heterocycles. The fourth-order valence-corrected chi connectivity index (χ4v) is 4.38. The van der Waals surface area contributed by atoms with Crippen LogP contribution in [0.3, 0.4) is 0 Å². The molecular weight excluding hydrogens is 352 g/mol.